The predicted octanol–water partition coefficient (Wildman–Crippen LogP) is 0.750. The first-order chi connectivity index (χ1) is 5.20. The summed E-state index contributed by atoms with van der Waals surface area (Å²) in [6.07, 6.45) is 1.74. The Kier molecular flexibility index (Phi) is 2.22. The number of carbonyl (C=O) groups is 1. The second-order valence-corrected chi connectivity index (χ2v) is 1.84. The summed E-state index contributed by atoms with van der Waals surface area (Å²) in [5.74, 6) is 0. The van der Waals surface area contributed by atoms with E-state index in [1.807, 2.05) is 0 Å². The molecule has 1 heterocycles. The zero-order valence-corrected chi connectivity index (χ0v) is 5.89. The molecular weight excluding hydrogens is 148 g/mol. The number of ether oxygens (including phenoxy) is 1. The predicted molar refractivity (Wildman–Crippen MR) is 35.0 cm³/mol. The van der Waals surface area contributed by atoms with E-state index in [9.17, 15) is 4.79 Å². The first kappa shape index (κ1) is 7.74. The summed E-state index contributed by atoms with van der Waals surface area (Å²) in [4.78, 5) is 10.8. The van der Waals surface area contributed by atoms with Crippen molar-refractivity contribution in [2.24, 2.45) is 0 Å². The van der Waals surface area contributed by atoms with Crippen molar-refractivity contribution in [3.05, 3.63) is 24.8 Å². The highest BCUT2D eigenvalue weighted by molar-refractivity contribution is 5.69. The number of hydrogen-bond donors (Lipinski definition) is 1. The van der Waals surface area contributed by atoms with Gasteiger partial charge in [-0.15, -0.1) is 0 Å². The summed E-state index contributed by atoms with van der Waals surface area (Å²) >= 11 is 0. The quantitative estimate of drug-likeness (QED) is 0.649. The lowest BCUT2D eigenvalue weighted by Gasteiger charge is -2.03. The van der Waals surface area contributed by atoms with Crippen LogP contribution < -0.4 is 0 Å². The second kappa shape index (κ2) is 3.16. The highest BCUT2D eigenvalue weighted by atomic mass is 16.6. The van der Waals surface area contributed by atoms with Crippen LogP contribution in [0.5, 0.6) is 0 Å². The summed E-state index contributed by atoms with van der Waals surface area (Å²) in [7, 11) is 0. The first-order valence-electron chi connectivity index (χ1n) is 2.94. The van der Waals surface area contributed by atoms with E-state index in [2.05, 4.69) is 9.84 Å². The molecule has 1 radical (unpaired) electrons. The van der Waals surface area contributed by atoms with Gasteiger partial charge >= 0.3 is 6.09 Å². The van der Waals surface area contributed by atoms with Gasteiger partial charge in [-0.2, -0.15) is 9.78 Å². The minimum Gasteiger partial charge on any atom is -0.408 e. The van der Waals surface area contributed by atoms with Crippen LogP contribution in [0.3, 0.4) is 0 Å². The maximum atomic E-state index is 10.8. The van der Waals surface area contributed by atoms with Crippen LogP contribution in [-0.4, -0.2) is 21.0 Å². The molecule has 0 aliphatic heterocycles. The lowest BCUT2D eigenvalue weighted by molar-refractivity contribution is 0.0568. The van der Waals surface area contributed by atoms with Crippen molar-refractivity contribution in [3.8, 4) is 0 Å². The lowest BCUT2D eigenvalue weighted by Crippen LogP contribution is -2.15. The Balaban J connectivity index is 2.57. The van der Waals surface area contributed by atoms with E-state index < -0.39 is 12.4 Å². The maximum absolute atomic E-state index is 10.8. The molecule has 0 aliphatic carbocycles. The Morgan fingerprint density at radius 3 is 2.91 bits per heavy atom. The molecule has 0 spiro atoms. The lowest BCUT2D eigenvalue weighted by atomic mass is 10.7. The van der Waals surface area contributed by atoms with E-state index in [-0.39, 0.29) is 0 Å². The second-order valence-electron chi connectivity index (χ2n) is 1.84. The Bertz CT molecular complexity index is 230. The third-order valence-corrected chi connectivity index (χ3v) is 0.926. The number of rotatable bonds is 1. The van der Waals surface area contributed by atoms with Crippen LogP contribution in [-0.2, 0) is 4.74 Å². The summed E-state index contributed by atoms with van der Waals surface area (Å²) in [6.45, 7) is 1.27. The number of aliphatic hydroxyl groups excluding tert-OH is 1. The third-order valence-electron chi connectivity index (χ3n) is 0.926. The molecule has 0 aromatic carbocycles. The minimum atomic E-state index is -0.727. The van der Waals surface area contributed by atoms with Crippen molar-refractivity contribution < 1.29 is 14.6 Å². The fourth-order valence-electron chi connectivity index (χ4n) is 0.550. The van der Waals surface area contributed by atoms with Gasteiger partial charge in [0.25, 0.3) is 6.29 Å². The highest BCUT2D eigenvalue weighted by Crippen LogP contribution is 1.97. The number of aliphatic hydroxyl groups is 1. The molecule has 0 aliphatic rings. The van der Waals surface area contributed by atoms with Crippen LogP contribution in [0.1, 0.15) is 6.92 Å². The molecule has 0 unspecified atom stereocenters. The Morgan fingerprint density at radius 2 is 2.45 bits per heavy atom. The minimum absolute atomic E-state index is 0.398. The van der Waals surface area contributed by atoms with Gasteiger partial charge in [-0.05, 0) is 6.07 Å². The van der Waals surface area contributed by atoms with E-state index >= 15 is 0 Å². The molecule has 0 bridgehead atoms. The molecule has 0 fully saturated rings. The third kappa shape index (κ3) is 2.05. The fraction of sp³-hybridized carbons (Fsp3) is 0.167. The largest absolute Gasteiger partial charge is 0.437 e. The van der Waals surface area contributed by atoms with E-state index in [1.54, 1.807) is 6.07 Å². The van der Waals surface area contributed by atoms with Gasteiger partial charge in [-0.3, -0.25) is 0 Å². The molecule has 0 saturated carbocycles. The highest BCUT2D eigenvalue weighted by Gasteiger charge is 2.08. The normalized spacial score (nSPS) is 10.1. The summed E-state index contributed by atoms with van der Waals surface area (Å²) < 4.78 is 5.30. The van der Waals surface area contributed by atoms with Crippen LogP contribution in [0.15, 0.2) is 18.5 Å². The Morgan fingerprint density at radius 1 is 1.73 bits per heavy atom. The van der Waals surface area contributed by atoms with Crippen LogP contribution in [0.2, 0.25) is 0 Å². The van der Waals surface area contributed by atoms with Gasteiger partial charge in [0.15, 0.2) is 0 Å². The molecule has 5 nitrogen and oxygen atoms in total. The molecule has 0 saturated heterocycles. The van der Waals surface area contributed by atoms with Crippen molar-refractivity contribution in [2.75, 3.05) is 0 Å². The van der Waals surface area contributed by atoms with Crippen LogP contribution >= 0.6 is 0 Å². The van der Waals surface area contributed by atoms with Crippen LogP contribution in [0.4, 0.5) is 4.79 Å². The SMILES string of the molecule is C[C](O)OC(=O)n1cccn1. The summed E-state index contributed by atoms with van der Waals surface area (Å²) in [5, 5.41) is 12.1. The van der Waals surface area contributed by atoms with Crippen molar-refractivity contribution in [2.45, 2.75) is 6.92 Å². The van der Waals surface area contributed by atoms with E-state index in [1.165, 1.54) is 19.3 Å². The topological polar surface area (TPSA) is 64.3 Å². The molecule has 5 heteroatoms. The fourth-order valence-corrected chi connectivity index (χ4v) is 0.550. The molecule has 1 aromatic rings. The zero-order chi connectivity index (χ0) is 8.27. The number of carbonyl (C=O) groups excluding carboxylic acids is 1. The smallest absolute Gasteiger partial charge is 0.408 e. The molecule has 59 valence electrons. The number of hydrogen-bond acceptors (Lipinski definition) is 4. The first-order valence-corrected chi connectivity index (χ1v) is 2.94. The monoisotopic (exact) mass is 155 g/mol. The van der Waals surface area contributed by atoms with Crippen molar-refractivity contribution in [1.82, 2.24) is 9.78 Å². The molecule has 1 rings (SSSR count). The van der Waals surface area contributed by atoms with E-state index in [0.717, 1.165) is 4.68 Å². The molecule has 1 aromatic heterocycles. The molecule has 11 heavy (non-hydrogen) atoms. The Hall–Kier alpha value is -1.36. The Labute approximate surface area is 63.2 Å². The van der Waals surface area contributed by atoms with Crippen LogP contribution in [0, 0.1) is 6.29 Å². The molecule has 1 N–H and O–H groups in total. The van der Waals surface area contributed by atoms with Gasteiger partial charge in [0, 0.05) is 19.3 Å². The van der Waals surface area contributed by atoms with Crippen molar-refractivity contribution in [3.63, 3.8) is 0 Å². The average Bonchev–Trinajstić information content (AvgIpc) is 2.35. The molecular formula is C6H7N2O3. The standard InChI is InChI=1S/C6H7N2O3/c1-5(9)11-6(10)8-4-2-3-7-8/h2-4,9H,1H3. The number of aromatic nitrogens is 2. The summed E-state index contributed by atoms with van der Waals surface area (Å²) in [5.41, 5.74) is 0. The van der Waals surface area contributed by atoms with Gasteiger partial charge < -0.3 is 9.84 Å². The van der Waals surface area contributed by atoms with E-state index in [0.29, 0.717) is 0 Å². The number of nitrogens with zero attached hydrogens (tertiary/aromatic N) is 2. The van der Waals surface area contributed by atoms with Gasteiger partial charge in [0.1, 0.15) is 0 Å². The van der Waals surface area contributed by atoms with Gasteiger partial charge in [-0.1, -0.05) is 0 Å². The average molecular weight is 155 g/mol. The molecule has 0 atom stereocenters. The summed E-state index contributed by atoms with van der Waals surface area (Å²) in [6, 6.07) is 1.58. The van der Waals surface area contributed by atoms with Gasteiger partial charge in [0.2, 0.25) is 0 Å². The zero-order valence-electron chi connectivity index (χ0n) is 5.89. The van der Waals surface area contributed by atoms with Crippen molar-refractivity contribution in [1.29, 1.82) is 0 Å². The van der Waals surface area contributed by atoms with Crippen LogP contribution in [0.25, 0.3) is 0 Å². The van der Waals surface area contributed by atoms with Crippen molar-refractivity contribution >= 4 is 6.09 Å². The maximum Gasteiger partial charge on any atom is 0.437 e. The van der Waals surface area contributed by atoms with Gasteiger partial charge in [0.05, 0.1) is 0 Å². The van der Waals surface area contributed by atoms with E-state index in [4.69, 9.17) is 5.11 Å². The van der Waals surface area contributed by atoms with Gasteiger partial charge in [-0.25, -0.2) is 4.79 Å². The molecule has 0 amide bonds.